The van der Waals surface area contributed by atoms with Crippen molar-refractivity contribution in [3.05, 3.63) is 62.2 Å². The highest BCUT2D eigenvalue weighted by Gasteiger charge is 2.16. The zero-order valence-electron chi connectivity index (χ0n) is 15.6. The molecule has 1 saturated heterocycles. The van der Waals surface area contributed by atoms with Gasteiger partial charge in [-0.25, -0.2) is 0 Å². The lowest BCUT2D eigenvalue weighted by molar-refractivity contribution is -0.384. The number of nitrogens with zero attached hydrogens (tertiary/aromatic N) is 3. The fraction of sp³-hybridized carbons (Fsp3) is 0.400. The molecule has 1 heterocycles. The lowest BCUT2D eigenvalue weighted by Crippen LogP contribution is -2.48. The van der Waals surface area contributed by atoms with Crippen molar-refractivity contribution in [2.24, 2.45) is 0 Å². The summed E-state index contributed by atoms with van der Waals surface area (Å²) in [6.07, 6.45) is 0. The predicted octanol–water partition coefficient (Wildman–Crippen LogP) is 3.27. The maximum absolute atomic E-state index is 10.7. The van der Waals surface area contributed by atoms with Gasteiger partial charge in [-0.3, -0.25) is 19.9 Å². The van der Waals surface area contributed by atoms with Crippen molar-refractivity contribution >= 4 is 28.3 Å². The van der Waals surface area contributed by atoms with Crippen LogP contribution in [0.2, 0.25) is 0 Å². The van der Waals surface area contributed by atoms with Crippen LogP contribution < -0.4 is 9.47 Å². The van der Waals surface area contributed by atoms with Crippen LogP contribution in [0.1, 0.15) is 0 Å². The van der Waals surface area contributed by atoms with E-state index in [4.69, 9.17) is 9.47 Å². The minimum atomic E-state index is -0.408. The maximum Gasteiger partial charge on any atom is 0.269 e. The normalized spacial score (nSPS) is 15.3. The van der Waals surface area contributed by atoms with Gasteiger partial charge in [0.1, 0.15) is 24.7 Å². The van der Waals surface area contributed by atoms with Crippen LogP contribution in [-0.4, -0.2) is 67.2 Å². The van der Waals surface area contributed by atoms with E-state index in [1.807, 2.05) is 24.3 Å². The van der Waals surface area contributed by atoms with E-state index in [0.29, 0.717) is 19.0 Å². The standard InChI is InChI=1S/C20H24IN3O4/c21-17-1-5-19(6-2-17)27-15-13-22-9-11-23(12-10-22)14-16-28-20-7-3-18(4-8-20)24(25)26/h1-8H,9-16H2. The smallest absolute Gasteiger partial charge is 0.269 e. The molecule has 0 aromatic heterocycles. The molecule has 150 valence electrons. The highest BCUT2D eigenvalue weighted by Crippen LogP contribution is 2.17. The molecular weight excluding hydrogens is 473 g/mol. The first kappa shape index (κ1) is 20.8. The van der Waals surface area contributed by atoms with Gasteiger partial charge in [0.2, 0.25) is 0 Å². The van der Waals surface area contributed by atoms with Crippen LogP contribution in [0.4, 0.5) is 5.69 Å². The Bertz CT molecular complexity index is 747. The number of hydrogen-bond donors (Lipinski definition) is 0. The van der Waals surface area contributed by atoms with Crippen LogP contribution in [0.5, 0.6) is 11.5 Å². The van der Waals surface area contributed by atoms with Crippen molar-refractivity contribution in [1.29, 1.82) is 0 Å². The maximum atomic E-state index is 10.7. The first-order valence-electron chi connectivity index (χ1n) is 9.30. The highest BCUT2D eigenvalue weighted by molar-refractivity contribution is 14.1. The molecule has 1 fully saturated rings. The monoisotopic (exact) mass is 497 g/mol. The number of benzene rings is 2. The molecule has 28 heavy (non-hydrogen) atoms. The molecule has 8 heteroatoms. The van der Waals surface area contributed by atoms with E-state index in [0.717, 1.165) is 45.0 Å². The molecule has 7 nitrogen and oxygen atoms in total. The minimum Gasteiger partial charge on any atom is -0.492 e. The van der Waals surface area contributed by atoms with E-state index in [2.05, 4.69) is 32.4 Å². The van der Waals surface area contributed by atoms with Crippen molar-refractivity contribution in [3.63, 3.8) is 0 Å². The molecule has 0 amide bonds. The summed E-state index contributed by atoms with van der Waals surface area (Å²) in [5, 5.41) is 10.7. The van der Waals surface area contributed by atoms with Gasteiger partial charge in [-0.05, 0) is 59.0 Å². The fourth-order valence-electron chi connectivity index (χ4n) is 3.02. The number of nitro groups is 1. The summed E-state index contributed by atoms with van der Waals surface area (Å²) in [6.45, 7) is 7.11. The summed E-state index contributed by atoms with van der Waals surface area (Å²) in [4.78, 5) is 15.0. The Morgan fingerprint density at radius 2 is 1.25 bits per heavy atom. The lowest BCUT2D eigenvalue weighted by atomic mass is 10.3. The average Bonchev–Trinajstić information content (AvgIpc) is 2.71. The van der Waals surface area contributed by atoms with Gasteiger partial charge in [-0.15, -0.1) is 0 Å². The molecule has 0 radical (unpaired) electrons. The SMILES string of the molecule is O=[N+]([O-])c1ccc(OCCN2CCN(CCOc3ccc(I)cc3)CC2)cc1. The quantitative estimate of drug-likeness (QED) is 0.301. The van der Waals surface area contributed by atoms with Gasteiger partial charge >= 0.3 is 0 Å². The third-order valence-electron chi connectivity index (χ3n) is 4.68. The summed E-state index contributed by atoms with van der Waals surface area (Å²) in [7, 11) is 0. The zero-order chi connectivity index (χ0) is 19.8. The van der Waals surface area contributed by atoms with Crippen LogP contribution in [0, 0.1) is 13.7 Å². The van der Waals surface area contributed by atoms with E-state index in [-0.39, 0.29) is 5.69 Å². The zero-order valence-corrected chi connectivity index (χ0v) is 17.8. The molecule has 0 atom stereocenters. The average molecular weight is 497 g/mol. The fourth-order valence-corrected chi connectivity index (χ4v) is 3.38. The Labute approximate surface area is 178 Å². The van der Waals surface area contributed by atoms with Crippen molar-refractivity contribution in [2.75, 3.05) is 52.5 Å². The second-order valence-electron chi connectivity index (χ2n) is 6.59. The summed E-state index contributed by atoms with van der Waals surface area (Å²) in [6, 6.07) is 14.3. The summed E-state index contributed by atoms with van der Waals surface area (Å²) in [5.41, 5.74) is 0.0782. The Balaban J connectivity index is 1.28. The number of piperazine rings is 1. The first-order valence-corrected chi connectivity index (χ1v) is 10.4. The largest absolute Gasteiger partial charge is 0.492 e. The van der Waals surface area contributed by atoms with Gasteiger partial charge in [0, 0.05) is 55.0 Å². The summed E-state index contributed by atoms with van der Waals surface area (Å²) in [5.74, 6) is 1.58. The Hall–Kier alpha value is -1.91. The van der Waals surface area contributed by atoms with E-state index < -0.39 is 4.92 Å². The summed E-state index contributed by atoms with van der Waals surface area (Å²) < 4.78 is 12.7. The molecule has 0 spiro atoms. The molecule has 0 N–H and O–H groups in total. The number of hydrogen-bond acceptors (Lipinski definition) is 6. The Kier molecular flexibility index (Phi) is 7.87. The van der Waals surface area contributed by atoms with Crippen molar-refractivity contribution < 1.29 is 14.4 Å². The third kappa shape index (κ3) is 6.61. The van der Waals surface area contributed by atoms with Gasteiger partial charge in [0.05, 0.1) is 4.92 Å². The van der Waals surface area contributed by atoms with Crippen LogP contribution in [0.25, 0.3) is 0 Å². The molecule has 3 rings (SSSR count). The molecule has 2 aromatic rings. The Morgan fingerprint density at radius 1 is 0.821 bits per heavy atom. The van der Waals surface area contributed by atoms with Crippen LogP contribution in [0.3, 0.4) is 0 Å². The van der Waals surface area contributed by atoms with E-state index in [1.54, 1.807) is 12.1 Å². The second kappa shape index (κ2) is 10.6. The minimum absolute atomic E-state index is 0.0782. The number of non-ortho nitro benzene ring substituents is 1. The van der Waals surface area contributed by atoms with Gasteiger partial charge in [0.15, 0.2) is 0 Å². The third-order valence-corrected chi connectivity index (χ3v) is 5.40. The highest BCUT2D eigenvalue weighted by atomic mass is 127. The molecule has 0 aliphatic carbocycles. The Morgan fingerprint density at radius 3 is 1.68 bits per heavy atom. The van der Waals surface area contributed by atoms with Gasteiger partial charge in [-0.1, -0.05) is 0 Å². The summed E-state index contributed by atoms with van der Waals surface area (Å²) >= 11 is 2.29. The van der Waals surface area contributed by atoms with E-state index in [1.165, 1.54) is 15.7 Å². The first-order chi connectivity index (χ1) is 13.6. The molecule has 0 saturated carbocycles. The van der Waals surface area contributed by atoms with E-state index >= 15 is 0 Å². The molecule has 2 aromatic carbocycles. The van der Waals surface area contributed by atoms with Crippen LogP contribution >= 0.6 is 22.6 Å². The molecule has 0 bridgehead atoms. The molecule has 0 unspecified atom stereocenters. The molecular formula is C20H24IN3O4. The van der Waals surface area contributed by atoms with E-state index in [9.17, 15) is 10.1 Å². The molecule has 1 aliphatic rings. The number of nitro benzene ring substituents is 1. The van der Waals surface area contributed by atoms with Crippen molar-refractivity contribution in [1.82, 2.24) is 9.80 Å². The van der Waals surface area contributed by atoms with Crippen molar-refractivity contribution in [2.45, 2.75) is 0 Å². The van der Waals surface area contributed by atoms with Gasteiger partial charge in [0.25, 0.3) is 5.69 Å². The second-order valence-corrected chi connectivity index (χ2v) is 7.83. The van der Waals surface area contributed by atoms with Gasteiger partial charge in [-0.2, -0.15) is 0 Å². The lowest BCUT2D eigenvalue weighted by Gasteiger charge is -2.34. The molecule has 1 aliphatic heterocycles. The predicted molar refractivity (Wildman–Crippen MR) is 116 cm³/mol. The van der Waals surface area contributed by atoms with Crippen LogP contribution in [0.15, 0.2) is 48.5 Å². The number of halogens is 1. The topological polar surface area (TPSA) is 68.1 Å². The van der Waals surface area contributed by atoms with Crippen LogP contribution in [-0.2, 0) is 0 Å². The van der Waals surface area contributed by atoms with Gasteiger partial charge < -0.3 is 9.47 Å². The van der Waals surface area contributed by atoms with Crippen molar-refractivity contribution in [3.8, 4) is 11.5 Å². The number of ether oxygens (including phenoxy) is 2. The number of rotatable bonds is 9.